The standard InChI is InChI=1S/C5H5.2CH3Cl.3CH3.Ti/c1-2-4-5-3-1;2*1-2;;;;/h1-3H,4H2;2*1H3;3*1H3;/q-1;;;3*-1;+4. The monoisotopic (exact) mass is 258 g/mol. The number of hydrogen-bond donors (Lipinski definition) is 0. The Balaban J connectivity index is -0.0000000141. The van der Waals surface area contributed by atoms with Gasteiger partial charge in [-0.25, -0.2) is 12.2 Å². The van der Waals surface area contributed by atoms with Crippen LogP contribution in [0.15, 0.2) is 18.2 Å². The van der Waals surface area contributed by atoms with E-state index in [1.807, 2.05) is 12.2 Å². The SMILES string of the molecule is CCl.CCl.[C-]1=CC=CC1.[CH3-].[CH3-].[CH3-].[Ti+4]. The number of allylic oxidation sites excluding steroid dienone is 4. The van der Waals surface area contributed by atoms with Crippen molar-refractivity contribution in [2.24, 2.45) is 0 Å². The second kappa shape index (κ2) is 53.1. The summed E-state index contributed by atoms with van der Waals surface area (Å²) in [7, 11) is 0. The third-order valence-corrected chi connectivity index (χ3v) is 0.586. The van der Waals surface area contributed by atoms with Crippen LogP contribution < -0.4 is 0 Å². The van der Waals surface area contributed by atoms with Crippen LogP contribution in [0, 0.1) is 28.4 Å². The first-order valence-corrected chi connectivity index (χ1v) is 3.98. The number of hydrogen-bond acceptors (Lipinski definition) is 0. The van der Waals surface area contributed by atoms with Crippen LogP contribution in [0.4, 0.5) is 0 Å². The van der Waals surface area contributed by atoms with E-state index in [0.717, 1.165) is 6.42 Å². The van der Waals surface area contributed by atoms with Crippen LogP contribution in [0.3, 0.4) is 0 Å². The number of alkyl halides is 2. The Morgan fingerprint density at radius 1 is 1.00 bits per heavy atom. The molecule has 13 heavy (non-hydrogen) atoms. The van der Waals surface area contributed by atoms with Crippen molar-refractivity contribution >= 4 is 23.2 Å². The molecule has 78 valence electrons. The van der Waals surface area contributed by atoms with Gasteiger partial charge in [0.1, 0.15) is 0 Å². The van der Waals surface area contributed by atoms with Gasteiger partial charge in [0.25, 0.3) is 0 Å². The Morgan fingerprint density at radius 3 is 1.46 bits per heavy atom. The molecule has 0 nitrogen and oxygen atoms in total. The Morgan fingerprint density at radius 2 is 1.38 bits per heavy atom. The van der Waals surface area contributed by atoms with Gasteiger partial charge in [-0.2, -0.15) is 6.08 Å². The summed E-state index contributed by atoms with van der Waals surface area (Å²) >= 11 is 9.28. The van der Waals surface area contributed by atoms with Crippen LogP contribution in [0.5, 0.6) is 0 Å². The maximum atomic E-state index is 4.64. The normalized spacial score (nSPS) is 7.69. The molecule has 0 spiro atoms. The summed E-state index contributed by atoms with van der Waals surface area (Å²) in [5.74, 6) is 0. The van der Waals surface area contributed by atoms with Crippen LogP contribution >= 0.6 is 23.2 Å². The van der Waals surface area contributed by atoms with Gasteiger partial charge in [-0.3, -0.25) is 6.08 Å². The number of halogens is 2. The first kappa shape index (κ1) is 37.2. The summed E-state index contributed by atoms with van der Waals surface area (Å²) in [5.41, 5.74) is 0. The zero-order valence-electron chi connectivity index (χ0n) is 9.20. The van der Waals surface area contributed by atoms with Crippen molar-refractivity contribution in [1.82, 2.24) is 0 Å². The third kappa shape index (κ3) is 44.5. The summed E-state index contributed by atoms with van der Waals surface area (Å²) < 4.78 is 0. The first-order valence-electron chi connectivity index (χ1n) is 2.47. The van der Waals surface area contributed by atoms with Gasteiger partial charge in [0.15, 0.2) is 0 Å². The van der Waals surface area contributed by atoms with Gasteiger partial charge in [-0.15, -0.1) is 29.6 Å². The van der Waals surface area contributed by atoms with Crippen molar-refractivity contribution in [3.05, 3.63) is 46.6 Å². The Labute approximate surface area is 110 Å². The van der Waals surface area contributed by atoms with Gasteiger partial charge < -0.3 is 22.3 Å². The minimum absolute atomic E-state index is 0. The van der Waals surface area contributed by atoms with Crippen molar-refractivity contribution in [3.8, 4) is 0 Å². The molecule has 1 aliphatic rings. The minimum atomic E-state index is 0. The van der Waals surface area contributed by atoms with Crippen molar-refractivity contribution < 1.29 is 21.7 Å². The molecule has 3 heteroatoms. The summed E-state index contributed by atoms with van der Waals surface area (Å²) in [6.07, 6.45) is 12.9. The molecule has 0 amide bonds. The van der Waals surface area contributed by atoms with E-state index in [9.17, 15) is 0 Å². The van der Waals surface area contributed by atoms with Gasteiger partial charge in [0.2, 0.25) is 0 Å². The molecule has 0 aromatic carbocycles. The fourth-order valence-corrected chi connectivity index (χ4v) is 0.340. The molecule has 0 aromatic rings. The van der Waals surface area contributed by atoms with E-state index >= 15 is 0 Å². The van der Waals surface area contributed by atoms with Crippen LogP contribution in [-0.2, 0) is 21.7 Å². The predicted octanol–water partition coefficient (Wildman–Crippen LogP) is 4.36. The van der Waals surface area contributed by atoms with E-state index in [1.54, 1.807) is 0 Å². The second-order valence-electron chi connectivity index (χ2n) is 1.00. The van der Waals surface area contributed by atoms with Crippen LogP contribution in [0.2, 0.25) is 0 Å². The molecule has 0 bridgehead atoms. The van der Waals surface area contributed by atoms with Gasteiger partial charge in [0.05, 0.1) is 0 Å². The van der Waals surface area contributed by atoms with E-state index in [4.69, 9.17) is 0 Å². The zero-order valence-corrected chi connectivity index (χ0v) is 12.3. The van der Waals surface area contributed by atoms with E-state index in [1.165, 1.54) is 12.8 Å². The molecule has 0 fully saturated rings. The molecule has 0 aromatic heterocycles. The maximum Gasteiger partial charge on any atom is 4.00 e. The molecule has 1 rings (SSSR count). The van der Waals surface area contributed by atoms with Crippen LogP contribution in [0.25, 0.3) is 0 Å². The van der Waals surface area contributed by atoms with E-state index < -0.39 is 0 Å². The Bertz CT molecular complexity index is 71.0. The predicted molar refractivity (Wildman–Crippen MR) is 64.4 cm³/mol. The van der Waals surface area contributed by atoms with Crippen molar-refractivity contribution in [2.75, 3.05) is 12.8 Å². The minimum Gasteiger partial charge on any atom is -0.358 e. The molecule has 0 aliphatic heterocycles. The van der Waals surface area contributed by atoms with E-state index in [2.05, 4.69) is 35.4 Å². The van der Waals surface area contributed by atoms with Crippen molar-refractivity contribution in [3.63, 3.8) is 0 Å². The third-order valence-electron chi connectivity index (χ3n) is 0.586. The summed E-state index contributed by atoms with van der Waals surface area (Å²) in [6.45, 7) is 0. The molecule has 0 atom stereocenters. The molecule has 0 unspecified atom stereocenters. The Kier molecular flexibility index (Phi) is 152. The molecular weight excluding hydrogens is 239 g/mol. The number of rotatable bonds is 0. The molecular formula is C10H20Cl2Ti. The zero-order chi connectivity index (χ0) is 7.54. The Hall–Kier alpha value is 0.774. The van der Waals surface area contributed by atoms with Crippen LogP contribution in [0.1, 0.15) is 6.42 Å². The quantitative estimate of drug-likeness (QED) is 0.344. The van der Waals surface area contributed by atoms with Gasteiger partial charge in [0, 0.05) is 12.8 Å². The van der Waals surface area contributed by atoms with E-state index in [-0.39, 0.29) is 44.0 Å². The average molecular weight is 259 g/mol. The average Bonchev–Trinajstić information content (AvgIpc) is 2.51. The van der Waals surface area contributed by atoms with Crippen LogP contribution in [-0.4, -0.2) is 12.8 Å². The largest absolute Gasteiger partial charge is 4.00 e. The van der Waals surface area contributed by atoms with E-state index in [0.29, 0.717) is 0 Å². The molecule has 0 radical (unpaired) electrons. The molecule has 1 aliphatic carbocycles. The smallest absolute Gasteiger partial charge is 0.358 e. The molecule has 0 saturated carbocycles. The van der Waals surface area contributed by atoms with Gasteiger partial charge >= 0.3 is 21.7 Å². The molecule has 0 heterocycles. The van der Waals surface area contributed by atoms with Crippen molar-refractivity contribution in [1.29, 1.82) is 0 Å². The first-order chi connectivity index (χ1) is 4.50. The summed E-state index contributed by atoms with van der Waals surface area (Å²) in [6, 6.07) is 0. The fraction of sp³-hybridized carbons (Fsp3) is 0.300. The van der Waals surface area contributed by atoms with Crippen molar-refractivity contribution in [2.45, 2.75) is 6.42 Å². The second-order valence-corrected chi connectivity index (χ2v) is 1.00. The van der Waals surface area contributed by atoms with Gasteiger partial charge in [-0.05, 0) is 0 Å². The topological polar surface area (TPSA) is 0 Å². The maximum absolute atomic E-state index is 4.64. The molecule has 0 saturated heterocycles. The molecule has 0 N–H and O–H groups in total. The van der Waals surface area contributed by atoms with Gasteiger partial charge in [-0.1, -0.05) is 0 Å². The summed E-state index contributed by atoms with van der Waals surface area (Å²) in [5, 5.41) is 0. The summed E-state index contributed by atoms with van der Waals surface area (Å²) in [4.78, 5) is 0. The fourth-order valence-electron chi connectivity index (χ4n) is 0.340.